The fraction of sp³-hybridized carbons (Fsp3) is 0.292. The topological polar surface area (TPSA) is 85.6 Å². The molecule has 168 valence electrons. The standard InChI is InChI=1S/C24H24N6OS2/c31-21(27-23-26-20(15-32-23)17-7-3-1-4-8-17)16-33-24-29-28-22(18-11-13-25-14-12-18)30(24)19-9-5-2-6-10-19/h1,3-4,7-8,11-15,19H,2,5-6,9-10,16H2,(H,26,27,31). The minimum atomic E-state index is -0.0994. The van der Waals surface area contributed by atoms with Crippen LogP contribution in [-0.2, 0) is 4.79 Å². The number of carbonyl (C=O) groups is 1. The average Bonchev–Trinajstić information content (AvgIpc) is 3.52. The van der Waals surface area contributed by atoms with Gasteiger partial charge in [0.1, 0.15) is 0 Å². The quantitative estimate of drug-likeness (QED) is 0.344. The van der Waals surface area contributed by atoms with Crippen molar-refractivity contribution in [1.82, 2.24) is 24.7 Å². The Morgan fingerprint density at radius 1 is 1.03 bits per heavy atom. The van der Waals surface area contributed by atoms with E-state index in [9.17, 15) is 4.79 Å². The number of hydrogen-bond acceptors (Lipinski definition) is 7. The van der Waals surface area contributed by atoms with Gasteiger partial charge in [-0.25, -0.2) is 4.98 Å². The second-order valence-electron chi connectivity index (χ2n) is 7.94. The predicted molar refractivity (Wildman–Crippen MR) is 132 cm³/mol. The van der Waals surface area contributed by atoms with Crippen LogP contribution in [0.4, 0.5) is 5.13 Å². The van der Waals surface area contributed by atoms with Gasteiger partial charge in [-0.05, 0) is 25.0 Å². The third-order valence-corrected chi connectivity index (χ3v) is 7.40. The van der Waals surface area contributed by atoms with E-state index in [-0.39, 0.29) is 11.7 Å². The summed E-state index contributed by atoms with van der Waals surface area (Å²) in [5.41, 5.74) is 2.89. The second-order valence-corrected chi connectivity index (χ2v) is 9.75. The number of pyridine rings is 1. The maximum Gasteiger partial charge on any atom is 0.236 e. The molecular weight excluding hydrogens is 452 g/mol. The minimum absolute atomic E-state index is 0.0994. The van der Waals surface area contributed by atoms with E-state index in [0.29, 0.717) is 11.2 Å². The molecule has 3 aromatic heterocycles. The molecule has 1 aliphatic carbocycles. The number of nitrogens with zero attached hydrogens (tertiary/aromatic N) is 5. The number of benzene rings is 1. The molecule has 0 spiro atoms. The van der Waals surface area contributed by atoms with Crippen LogP contribution in [0.1, 0.15) is 38.1 Å². The Labute approximate surface area is 200 Å². The van der Waals surface area contributed by atoms with E-state index in [1.807, 2.05) is 47.8 Å². The van der Waals surface area contributed by atoms with Crippen molar-refractivity contribution in [2.45, 2.75) is 43.3 Å². The van der Waals surface area contributed by atoms with Crippen molar-refractivity contribution in [2.24, 2.45) is 0 Å². The van der Waals surface area contributed by atoms with Crippen molar-refractivity contribution in [3.05, 3.63) is 60.2 Å². The van der Waals surface area contributed by atoms with Gasteiger partial charge in [0.2, 0.25) is 5.91 Å². The van der Waals surface area contributed by atoms with Crippen molar-refractivity contribution in [2.75, 3.05) is 11.1 Å². The monoisotopic (exact) mass is 476 g/mol. The molecule has 0 bridgehead atoms. The summed E-state index contributed by atoms with van der Waals surface area (Å²) in [5, 5.41) is 15.2. The van der Waals surface area contributed by atoms with Crippen LogP contribution in [0.25, 0.3) is 22.6 Å². The molecular formula is C24H24N6OS2. The van der Waals surface area contributed by atoms with Gasteiger partial charge in [0.25, 0.3) is 0 Å². The van der Waals surface area contributed by atoms with Crippen LogP contribution in [-0.4, -0.2) is 36.4 Å². The fourth-order valence-corrected chi connectivity index (χ4v) is 5.64. The summed E-state index contributed by atoms with van der Waals surface area (Å²) in [6, 6.07) is 14.2. The predicted octanol–water partition coefficient (Wildman–Crippen LogP) is 5.70. The number of amides is 1. The van der Waals surface area contributed by atoms with E-state index in [1.165, 1.54) is 42.4 Å². The van der Waals surface area contributed by atoms with Crippen molar-refractivity contribution in [1.29, 1.82) is 0 Å². The zero-order valence-electron chi connectivity index (χ0n) is 18.1. The lowest BCUT2D eigenvalue weighted by Gasteiger charge is -2.25. The highest BCUT2D eigenvalue weighted by Gasteiger charge is 2.24. The zero-order chi connectivity index (χ0) is 22.5. The van der Waals surface area contributed by atoms with E-state index in [1.54, 1.807) is 12.4 Å². The first-order valence-corrected chi connectivity index (χ1v) is 12.9. The van der Waals surface area contributed by atoms with E-state index < -0.39 is 0 Å². The third-order valence-electron chi connectivity index (χ3n) is 5.70. The molecule has 9 heteroatoms. The molecule has 0 radical (unpaired) electrons. The molecule has 5 rings (SSSR count). The number of thiazole rings is 1. The molecule has 1 saturated carbocycles. The molecule has 4 aromatic rings. The molecule has 7 nitrogen and oxygen atoms in total. The summed E-state index contributed by atoms with van der Waals surface area (Å²) in [6.07, 6.45) is 9.44. The third kappa shape index (κ3) is 5.15. The normalized spacial score (nSPS) is 14.3. The SMILES string of the molecule is O=C(CSc1nnc(-c2ccncc2)n1C1CCCCC1)Nc1nc(-c2ccccc2)cs1. The van der Waals surface area contributed by atoms with Crippen LogP contribution in [0.5, 0.6) is 0 Å². The lowest BCUT2D eigenvalue weighted by Crippen LogP contribution is -2.17. The van der Waals surface area contributed by atoms with Crippen LogP contribution in [0.2, 0.25) is 0 Å². The van der Waals surface area contributed by atoms with Crippen LogP contribution in [0.3, 0.4) is 0 Å². The van der Waals surface area contributed by atoms with Crippen molar-refractivity contribution in [3.8, 4) is 22.6 Å². The Morgan fingerprint density at radius 2 is 1.82 bits per heavy atom. The molecule has 0 unspecified atom stereocenters. The Bertz CT molecular complexity index is 1200. The average molecular weight is 477 g/mol. The number of nitrogens with one attached hydrogen (secondary N) is 1. The Morgan fingerprint density at radius 3 is 2.61 bits per heavy atom. The van der Waals surface area contributed by atoms with Gasteiger partial charge in [-0.2, -0.15) is 0 Å². The number of rotatable bonds is 7. The van der Waals surface area contributed by atoms with Gasteiger partial charge in [-0.15, -0.1) is 21.5 Å². The number of hydrogen-bond donors (Lipinski definition) is 1. The molecule has 0 saturated heterocycles. The highest BCUT2D eigenvalue weighted by atomic mass is 32.2. The van der Waals surface area contributed by atoms with Gasteiger partial charge in [-0.3, -0.25) is 14.3 Å². The molecule has 1 N–H and O–H groups in total. The first-order chi connectivity index (χ1) is 16.3. The zero-order valence-corrected chi connectivity index (χ0v) is 19.7. The first kappa shape index (κ1) is 21.8. The van der Waals surface area contributed by atoms with Crippen LogP contribution in [0.15, 0.2) is 65.4 Å². The van der Waals surface area contributed by atoms with Crippen LogP contribution >= 0.6 is 23.1 Å². The fourth-order valence-electron chi connectivity index (χ4n) is 4.10. The smallest absolute Gasteiger partial charge is 0.236 e. The summed E-state index contributed by atoms with van der Waals surface area (Å²) < 4.78 is 2.23. The van der Waals surface area contributed by atoms with E-state index in [2.05, 4.69) is 30.0 Å². The lowest BCUT2D eigenvalue weighted by atomic mass is 9.95. The molecule has 1 aliphatic rings. The summed E-state index contributed by atoms with van der Waals surface area (Å²) in [4.78, 5) is 21.3. The van der Waals surface area contributed by atoms with Gasteiger partial charge in [0.15, 0.2) is 16.1 Å². The molecule has 33 heavy (non-hydrogen) atoms. The Balaban J connectivity index is 1.29. The highest BCUT2D eigenvalue weighted by Crippen LogP contribution is 2.35. The van der Waals surface area contributed by atoms with Crippen LogP contribution < -0.4 is 5.32 Å². The van der Waals surface area contributed by atoms with Gasteiger partial charge in [-0.1, -0.05) is 61.4 Å². The summed E-state index contributed by atoms with van der Waals surface area (Å²) in [7, 11) is 0. The summed E-state index contributed by atoms with van der Waals surface area (Å²) in [5.74, 6) is 0.999. The van der Waals surface area contributed by atoms with E-state index in [4.69, 9.17) is 0 Å². The van der Waals surface area contributed by atoms with Gasteiger partial charge >= 0.3 is 0 Å². The maximum absolute atomic E-state index is 12.7. The molecule has 1 aromatic carbocycles. The number of carbonyl (C=O) groups excluding carboxylic acids is 1. The lowest BCUT2D eigenvalue weighted by molar-refractivity contribution is -0.113. The number of aromatic nitrogens is 5. The van der Waals surface area contributed by atoms with Crippen molar-refractivity contribution >= 4 is 34.1 Å². The van der Waals surface area contributed by atoms with Crippen LogP contribution in [0, 0.1) is 0 Å². The van der Waals surface area contributed by atoms with Crippen molar-refractivity contribution in [3.63, 3.8) is 0 Å². The number of thioether (sulfide) groups is 1. The largest absolute Gasteiger partial charge is 0.301 e. The van der Waals surface area contributed by atoms with Gasteiger partial charge in [0, 0.05) is 34.9 Å². The maximum atomic E-state index is 12.7. The second kappa shape index (κ2) is 10.3. The first-order valence-electron chi connectivity index (χ1n) is 11.1. The molecule has 1 amide bonds. The van der Waals surface area contributed by atoms with E-state index in [0.717, 1.165) is 40.6 Å². The van der Waals surface area contributed by atoms with Gasteiger partial charge in [0.05, 0.1) is 11.4 Å². The molecule has 1 fully saturated rings. The Hall–Kier alpha value is -3.04. The molecule has 0 aliphatic heterocycles. The van der Waals surface area contributed by atoms with E-state index >= 15 is 0 Å². The molecule has 3 heterocycles. The van der Waals surface area contributed by atoms with Crippen molar-refractivity contribution < 1.29 is 4.79 Å². The Kier molecular flexibility index (Phi) is 6.78. The number of anilines is 1. The summed E-state index contributed by atoms with van der Waals surface area (Å²) >= 11 is 2.86. The highest BCUT2D eigenvalue weighted by molar-refractivity contribution is 7.99. The summed E-state index contributed by atoms with van der Waals surface area (Å²) in [6.45, 7) is 0. The van der Waals surface area contributed by atoms with Gasteiger partial charge < -0.3 is 5.32 Å². The minimum Gasteiger partial charge on any atom is -0.301 e. The molecule has 0 atom stereocenters.